The lowest BCUT2D eigenvalue weighted by Gasteiger charge is -2.25. The van der Waals surface area contributed by atoms with Crippen molar-refractivity contribution in [2.45, 2.75) is 52.6 Å². The van der Waals surface area contributed by atoms with Crippen molar-refractivity contribution in [3.63, 3.8) is 0 Å². The van der Waals surface area contributed by atoms with E-state index in [0.717, 1.165) is 24.2 Å². The second-order valence-electron chi connectivity index (χ2n) is 7.03. The van der Waals surface area contributed by atoms with Gasteiger partial charge in [0.2, 0.25) is 0 Å². The van der Waals surface area contributed by atoms with E-state index in [1.54, 1.807) is 7.11 Å². The molecule has 0 bridgehead atoms. The third kappa shape index (κ3) is 5.62. The van der Waals surface area contributed by atoms with Crippen LogP contribution in [0, 0.1) is 19.8 Å². The first-order valence-corrected chi connectivity index (χ1v) is 9.26. The van der Waals surface area contributed by atoms with Crippen LogP contribution < -0.4 is 4.74 Å². The summed E-state index contributed by atoms with van der Waals surface area (Å²) >= 11 is 0. The number of hydrogen-bond donors (Lipinski definition) is 0. The SMILES string of the molecule is COc1cccc(C(C)C(OC(C)=O)C2CC2)c1C.Cc1ccccc1. The highest BCUT2D eigenvalue weighted by molar-refractivity contribution is 5.66. The Morgan fingerprint density at radius 1 is 1.04 bits per heavy atom. The van der Waals surface area contributed by atoms with Crippen molar-refractivity contribution in [2.75, 3.05) is 7.11 Å². The number of hydrogen-bond acceptors (Lipinski definition) is 3. The maximum Gasteiger partial charge on any atom is 0.302 e. The van der Waals surface area contributed by atoms with Crippen LogP contribution in [0.4, 0.5) is 0 Å². The average Bonchev–Trinajstić information content (AvgIpc) is 3.45. The van der Waals surface area contributed by atoms with Crippen molar-refractivity contribution in [3.8, 4) is 5.75 Å². The van der Waals surface area contributed by atoms with Crippen LogP contribution in [-0.4, -0.2) is 19.2 Å². The molecule has 1 aliphatic carbocycles. The predicted octanol–water partition coefficient (Wildman–Crippen LogP) is 5.44. The fraction of sp³-hybridized carbons (Fsp3) is 0.435. The Morgan fingerprint density at radius 3 is 2.15 bits per heavy atom. The Balaban J connectivity index is 0.000000290. The van der Waals surface area contributed by atoms with E-state index in [-0.39, 0.29) is 18.0 Å². The molecule has 2 aromatic rings. The van der Waals surface area contributed by atoms with Crippen LogP contribution in [0.2, 0.25) is 0 Å². The molecule has 2 atom stereocenters. The summed E-state index contributed by atoms with van der Waals surface area (Å²) in [7, 11) is 1.68. The number of methoxy groups -OCH3 is 1. The molecule has 3 heteroatoms. The van der Waals surface area contributed by atoms with Gasteiger partial charge in [0.1, 0.15) is 11.9 Å². The molecule has 1 aliphatic rings. The summed E-state index contributed by atoms with van der Waals surface area (Å²) in [5.74, 6) is 1.42. The van der Waals surface area contributed by atoms with Crippen molar-refractivity contribution in [2.24, 2.45) is 5.92 Å². The van der Waals surface area contributed by atoms with Gasteiger partial charge in [-0.3, -0.25) is 4.79 Å². The molecule has 0 aromatic heterocycles. The van der Waals surface area contributed by atoms with Gasteiger partial charge in [-0.25, -0.2) is 0 Å². The summed E-state index contributed by atoms with van der Waals surface area (Å²) in [6.07, 6.45) is 2.31. The summed E-state index contributed by atoms with van der Waals surface area (Å²) in [4.78, 5) is 11.3. The quantitative estimate of drug-likeness (QED) is 0.670. The second-order valence-corrected chi connectivity index (χ2v) is 7.03. The van der Waals surface area contributed by atoms with E-state index in [0.29, 0.717) is 5.92 Å². The van der Waals surface area contributed by atoms with Crippen molar-refractivity contribution in [1.29, 1.82) is 0 Å². The number of carbonyl (C=O) groups excluding carboxylic acids is 1. The highest BCUT2D eigenvalue weighted by atomic mass is 16.5. The molecule has 0 amide bonds. The number of benzene rings is 2. The Kier molecular flexibility index (Phi) is 7.26. The van der Waals surface area contributed by atoms with E-state index in [1.807, 2.05) is 30.3 Å². The molecule has 0 saturated heterocycles. The first-order valence-electron chi connectivity index (χ1n) is 9.26. The largest absolute Gasteiger partial charge is 0.496 e. The number of aryl methyl sites for hydroxylation is 1. The van der Waals surface area contributed by atoms with Gasteiger partial charge in [-0.1, -0.05) is 55.0 Å². The molecule has 1 fully saturated rings. The number of rotatable bonds is 5. The van der Waals surface area contributed by atoms with Gasteiger partial charge >= 0.3 is 5.97 Å². The van der Waals surface area contributed by atoms with Crippen molar-refractivity contribution in [3.05, 3.63) is 65.2 Å². The zero-order chi connectivity index (χ0) is 19.1. The maximum absolute atomic E-state index is 11.3. The lowest BCUT2D eigenvalue weighted by molar-refractivity contribution is -0.148. The van der Waals surface area contributed by atoms with Crippen LogP contribution >= 0.6 is 0 Å². The number of carbonyl (C=O) groups is 1. The molecule has 0 spiro atoms. The van der Waals surface area contributed by atoms with Crippen LogP contribution in [0.15, 0.2) is 48.5 Å². The monoisotopic (exact) mass is 354 g/mol. The topological polar surface area (TPSA) is 35.5 Å². The summed E-state index contributed by atoms with van der Waals surface area (Å²) in [6.45, 7) is 7.76. The molecular formula is C23H30O3. The molecule has 0 heterocycles. The first kappa shape index (κ1) is 20.0. The molecule has 1 saturated carbocycles. The fourth-order valence-corrected chi connectivity index (χ4v) is 3.28. The van der Waals surface area contributed by atoms with Gasteiger partial charge < -0.3 is 9.47 Å². The predicted molar refractivity (Wildman–Crippen MR) is 106 cm³/mol. The van der Waals surface area contributed by atoms with E-state index >= 15 is 0 Å². The van der Waals surface area contributed by atoms with E-state index in [9.17, 15) is 4.79 Å². The summed E-state index contributed by atoms with van der Waals surface area (Å²) < 4.78 is 10.9. The van der Waals surface area contributed by atoms with Crippen molar-refractivity contribution >= 4 is 5.97 Å². The molecule has 2 unspecified atom stereocenters. The van der Waals surface area contributed by atoms with E-state index < -0.39 is 0 Å². The molecule has 0 radical (unpaired) electrons. The summed E-state index contributed by atoms with van der Waals surface area (Å²) in [5.41, 5.74) is 3.66. The summed E-state index contributed by atoms with van der Waals surface area (Å²) in [6, 6.07) is 16.3. The highest BCUT2D eigenvalue weighted by Gasteiger charge is 2.38. The molecular weight excluding hydrogens is 324 g/mol. The van der Waals surface area contributed by atoms with Crippen LogP contribution in [-0.2, 0) is 9.53 Å². The molecule has 3 nitrogen and oxygen atoms in total. The highest BCUT2D eigenvalue weighted by Crippen LogP contribution is 2.42. The van der Waals surface area contributed by atoms with Crippen LogP contribution in [0.3, 0.4) is 0 Å². The molecule has 140 valence electrons. The number of esters is 1. The molecule has 3 rings (SSSR count). The maximum atomic E-state index is 11.3. The van der Waals surface area contributed by atoms with E-state index in [1.165, 1.54) is 18.1 Å². The summed E-state index contributed by atoms with van der Waals surface area (Å²) in [5, 5.41) is 0. The van der Waals surface area contributed by atoms with E-state index in [4.69, 9.17) is 9.47 Å². The van der Waals surface area contributed by atoms with Crippen LogP contribution in [0.5, 0.6) is 5.75 Å². The normalized spacial score (nSPS) is 15.3. The van der Waals surface area contributed by atoms with Crippen LogP contribution in [0.1, 0.15) is 49.3 Å². The molecule has 0 aliphatic heterocycles. The van der Waals surface area contributed by atoms with Gasteiger partial charge in [0.05, 0.1) is 7.11 Å². The van der Waals surface area contributed by atoms with Crippen LogP contribution in [0.25, 0.3) is 0 Å². The smallest absolute Gasteiger partial charge is 0.302 e. The zero-order valence-electron chi connectivity index (χ0n) is 16.5. The van der Waals surface area contributed by atoms with Gasteiger partial charge in [0.15, 0.2) is 0 Å². The van der Waals surface area contributed by atoms with Gasteiger partial charge in [-0.05, 0) is 49.8 Å². The number of ether oxygens (including phenoxy) is 2. The Morgan fingerprint density at radius 2 is 1.69 bits per heavy atom. The minimum Gasteiger partial charge on any atom is -0.496 e. The van der Waals surface area contributed by atoms with Gasteiger partial charge in [0, 0.05) is 12.8 Å². The van der Waals surface area contributed by atoms with Gasteiger partial charge in [-0.2, -0.15) is 0 Å². The second kappa shape index (κ2) is 9.42. The van der Waals surface area contributed by atoms with E-state index in [2.05, 4.69) is 39.0 Å². The fourth-order valence-electron chi connectivity index (χ4n) is 3.28. The minimum absolute atomic E-state index is 0.0108. The Labute approximate surface area is 157 Å². The molecule has 0 N–H and O–H groups in total. The third-order valence-electron chi connectivity index (χ3n) is 4.86. The average molecular weight is 354 g/mol. The van der Waals surface area contributed by atoms with Crippen molar-refractivity contribution in [1.82, 2.24) is 0 Å². The lowest BCUT2D eigenvalue weighted by atomic mass is 9.89. The Bertz CT molecular complexity index is 705. The lowest BCUT2D eigenvalue weighted by Crippen LogP contribution is -2.25. The Hall–Kier alpha value is -2.29. The van der Waals surface area contributed by atoms with Gasteiger partial charge in [0.25, 0.3) is 0 Å². The molecule has 2 aromatic carbocycles. The zero-order valence-corrected chi connectivity index (χ0v) is 16.5. The third-order valence-corrected chi connectivity index (χ3v) is 4.86. The molecule has 26 heavy (non-hydrogen) atoms. The van der Waals surface area contributed by atoms with Gasteiger partial charge in [-0.15, -0.1) is 0 Å². The first-order chi connectivity index (χ1) is 12.4. The minimum atomic E-state index is -0.190. The standard InChI is InChI=1S/C16H22O3.C7H8/c1-10-14(6-5-7-15(10)18-4)11(2)16(13-8-9-13)19-12(3)17;1-7-5-3-2-4-6-7/h5-7,11,13,16H,8-9H2,1-4H3;2-6H,1H3. The van der Waals surface area contributed by atoms with Crippen molar-refractivity contribution < 1.29 is 14.3 Å².